The lowest BCUT2D eigenvalue weighted by molar-refractivity contribution is 0.402. The Morgan fingerprint density at radius 1 is 0.944 bits per heavy atom. The first-order valence-corrected chi connectivity index (χ1v) is 11.6. The van der Waals surface area contributed by atoms with Crippen molar-refractivity contribution in [2.24, 2.45) is 0 Å². The fourth-order valence-electron chi connectivity index (χ4n) is 4.66. The number of aromatic nitrogens is 8. The van der Waals surface area contributed by atoms with Gasteiger partial charge in [0.1, 0.15) is 6.33 Å². The normalized spacial score (nSPS) is 14.3. The Morgan fingerprint density at radius 2 is 1.81 bits per heavy atom. The molecule has 0 saturated carbocycles. The summed E-state index contributed by atoms with van der Waals surface area (Å²) in [5.41, 5.74) is 5.76. The number of hydrogen-bond donors (Lipinski definition) is 0. The van der Waals surface area contributed by atoms with E-state index in [1.807, 2.05) is 61.7 Å². The van der Waals surface area contributed by atoms with Crippen LogP contribution in [0.25, 0.3) is 22.7 Å². The largest absolute Gasteiger partial charge is 0.420 e. The second-order valence-corrected chi connectivity index (χ2v) is 8.86. The van der Waals surface area contributed by atoms with Gasteiger partial charge in [0.15, 0.2) is 11.5 Å². The Hall–Kier alpha value is -4.63. The predicted molar refractivity (Wildman–Crippen MR) is 133 cm³/mol. The van der Waals surface area contributed by atoms with Crippen LogP contribution in [0.3, 0.4) is 0 Å². The van der Waals surface area contributed by atoms with Crippen LogP contribution in [-0.2, 0) is 0 Å². The van der Waals surface area contributed by atoms with Crippen molar-refractivity contribution in [1.29, 1.82) is 0 Å². The number of nitrogens with zero attached hydrogens (tertiary/aromatic N) is 8. The van der Waals surface area contributed by atoms with E-state index < -0.39 is 0 Å². The van der Waals surface area contributed by atoms with Crippen LogP contribution in [0.4, 0.5) is 0 Å². The molecule has 1 aliphatic rings. The summed E-state index contributed by atoms with van der Waals surface area (Å²) >= 11 is 6.28. The lowest BCUT2D eigenvalue weighted by Gasteiger charge is -2.26. The average molecular weight is 493 g/mol. The molecule has 0 bridgehead atoms. The van der Waals surface area contributed by atoms with Gasteiger partial charge in [-0.15, -0.1) is 5.10 Å². The molecule has 0 saturated heterocycles. The van der Waals surface area contributed by atoms with Gasteiger partial charge in [0, 0.05) is 35.4 Å². The highest BCUT2D eigenvalue weighted by atomic mass is 35.5. The second kappa shape index (κ2) is 7.96. The Labute approximate surface area is 210 Å². The third-order valence-electron chi connectivity index (χ3n) is 6.21. The number of fused-ring (bicyclic) bond motifs is 4. The number of pyridine rings is 2. The zero-order chi connectivity index (χ0) is 24.2. The maximum absolute atomic E-state index is 6.43. The number of ether oxygens (including phenoxy) is 1. The van der Waals surface area contributed by atoms with Crippen molar-refractivity contribution in [2.45, 2.75) is 12.8 Å². The standard InChI is InChI=1S/C26H17ClN8O/c1-15-20-21(16-5-3-9-28-12-16)22-24-31-23(17-6-4-10-29-13-17)33-34(24)14-30-25(22)36-26(20)35(32-15)19-8-2-7-18(27)11-19/h2-14,21H,1H3/t21-/m1/s1. The minimum absolute atomic E-state index is 0.271. The molecule has 0 aliphatic carbocycles. The summed E-state index contributed by atoms with van der Waals surface area (Å²) in [4.78, 5) is 18.1. The summed E-state index contributed by atoms with van der Waals surface area (Å²) < 4.78 is 9.87. The van der Waals surface area contributed by atoms with Gasteiger partial charge in [-0.3, -0.25) is 9.97 Å². The molecule has 174 valence electrons. The molecule has 0 fully saturated rings. The van der Waals surface area contributed by atoms with Crippen molar-refractivity contribution in [3.8, 4) is 28.8 Å². The molecule has 0 spiro atoms. The molecule has 10 heteroatoms. The molecule has 0 amide bonds. The summed E-state index contributed by atoms with van der Waals surface area (Å²) in [6.45, 7) is 1.97. The number of aryl methyl sites for hydroxylation is 1. The van der Waals surface area contributed by atoms with Gasteiger partial charge in [-0.05, 0) is 48.9 Å². The van der Waals surface area contributed by atoms with E-state index >= 15 is 0 Å². The van der Waals surface area contributed by atoms with Gasteiger partial charge < -0.3 is 4.74 Å². The van der Waals surface area contributed by atoms with E-state index in [1.165, 1.54) is 0 Å². The Kier molecular flexibility index (Phi) is 4.58. The number of benzene rings is 1. The fourth-order valence-corrected chi connectivity index (χ4v) is 4.84. The second-order valence-electron chi connectivity index (χ2n) is 8.43. The molecule has 0 unspecified atom stereocenters. The van der Waals surface area contributed by atoms with Gasteiger partial charge in [-0.1, -0.05) is 23.7 Å². The molecule has 6 aromatic rings. The monoisotopic (exact) mass is 492 g/mol. The van der Waals surface area contributed by atoms with E-state index in [0.29, 0.717) is 28.3 Å². The molecule has 1 atom stereocenters. The average Bonchev–Trinajstić information content (AvgIpc) is 3.50. The SMILES string of the molecule is Cc1nn(-c2cccc(Cl)c2)c2c1[C@@H](c1cccnc1)c1c(ncn3nc(-c4cccnc4)nc13)O2. The van der Waals surface area contributed by atoms with Crippen molar-refractivity contribution in [3.63, 3.8) is 0 Å². The summed E-state index contributed by atoms with van der Waals surface area (Å²) in [6, 6.07) is 15.2. The zero-order valence-electron chi connectivity index (χ0n) is 18.9. The Bertz CT molecular complexity index is 1750. The summed E-state index contributed by atoms with van der Waals surface area (Å²) in [6.07, 6.45) is 8.67. The summed E-state index contributed by atoms with van der Waals surface area (Å²) in [5, 5.41) is 10.1. The number of rotatable bonds is 3. The fraction of sp³-hybridized carbons (Fsp3) is 0.0769. The van der Waals surface area contributed by atoms with Crippen LogP contribution in [0.5, 0.6) is 11.8 Å². The maximum atomic E-state index is 6.43. The molecule has 36 heavy (non-hydrogen) atoms. The smallest absolute Gasteiger partial charge is 0.230 e. The first-order chi connectivity index (χ1) is 17.7. The van der Waals surface area contributed by atoms with Crippen molar-refractivity contribution >= 4 is 17.2 Å². The molecule has 0 radical (unpaired) electrons. The molecule has 5 aromatic heterocycles. The van der Waals surface area contributed by atoms with Crippen LogP contribution >= 0.6 is 11.6 Å². The van der Waals surface area contributed by atoms with Crippen molar-refractivity contribution in [3.05, 3.63) is 107 Å². The Balaban J connectivity index is 1.49. The molecule has 1 aliphatic heterocycles. The number of hydrogen-bond acceptors (Lipinski definition) is 7. The quantitative estimate of drug-likeness (QED) is 0.342. The van der Waals surface area contributed by atoms with E-state index in [4.69, 9.17) is 26.4 Å². The van der Waals surface area contributed by atoms with Crippen molar-refractivity contribution < 1.29 is 4.74 Å². The highest BCUT2D eigenvalue weighted by Gasteiger charge is 2.38. The lowest BCUT2D eigenvalue weighted by atomic mass is 9.85. The first-order valence-electron chi connectivity index (χ1n) is 11.3. The molecular weight excluding hydrogens is 476 g/mol. The van der Waals surface area contributed by atoms with Gasteiger partial charge in [-0.2, -0.15) is 5.10 Å². The van der Waals surface area contributed by atoms with Gasteiger partial charge in [-0.25, -0.2) is 19.2 Å². The number of halogens is 1. The molecular formula is C26H17ClN8O. The first kappa shape index (κ1) is 20.7. The molecule has 7 rings (SSSR count). The van der Waals surface area contributed by atoms with E-state index in [-0.39, 0.29) is 5.92 Å². The Morgan fingerprint density at radius 3 is 2.58 bits per heavy atom. The van der Waals surface area contributed by atoms with Crippen LogP contribution in [-0.4, -0.2) is 39.3 Å². The van der Waals surface area contributed by atoms with Crippen LogP contribution in [0.2, 0.25) is 5.02 Å². The minimum atomic E-state index is -0.271. The molecule has 0 N–H and O–H groups in total. The molecule has 1 aromatic carbocycles. The maximum Gasteiger partial charge on any atom is 0.230 e. The highest BCUT2D eigenvalue weighted by Crippen LogP contribution is 2.49. The summed E-state index contributed by atoms with van der Waals surface area (Å²) in [7, 11) is 0. The van der Waals surface area contributed by atoms with E-state index in [2.05, 4.69) is 20.1 Å². The van der Waals surface area contributed by atoms with Crippen LogP contribution in [0, 0.1) is 6.92 Å². The third kappa shape index (κ3) is 3.17. The van der Waals surface area contributed by atoms with Crippen LogP contribution in [0.15, 0.2) is 79.6 Å². The third-order valence-corrected chi connectivity index (χ3v) is 6.45. The van der Waals surface area contributed by atoms with Crippen molar-refractivity contribution in [2.75, 3.05) is 0 Å². The lowest BCUT2D eigenvalue weighted by Crippen LogP contribution is -2.16. The van der Waals surface area contributed by atoms with Gasteiger partial charge >= 0.3 is 0 Å². The van der Waals surface area contributed by atoms with Crippen molar-refractivity contribution in [1.82, 2.24) is 39.3 Å². The topological polar surface area (TPSA) is 95.9 Å². The van der Waals surface area contributed by atoms with Gasteiger partial charge in [0.2, 0.25) is 11.8 Å². The van der Waals surface area contributed by atoms with Crippen LogP contribution < -0.4 is 4.74 Å². The van der Waals surface area contributed by atoms with E-state index in [9.17, 15) is 0 Å². The highest BCUT2D eigenvalue weighted by molar-refractivity contribution is 6.30. The van der Waals surface area contributed by atoms with Gasteiger partial charge in [0.05, 0.1) is 28.4 Å². The summed E-state index contributed by atoms with van der Waals surface area (Å²) in [5.74, 6) is 1.31. The van der Waals surface area contributed by atoms with Crippen LogP contribution in [0.1, 0.15) is 28.3 Å². The van der Waals surface area contributed by atoms with E-state index in [1.54, 1.807) is 34.1 Å². The molecule has 6 heterocycles. The predicted octanol–water partition coefficient (Wildman–Crippen LogP) is 5.01. The zero-order valence-corrected chi connectivity index (χ0v) is 19.7. The van der Waals surface area contributed by atoms with Gasteiger partial charge in [0.25, 0.3) is 0 Å². The molecule has 9 nitrogen and oxygen atoms in total. The minimum Gasteiger partial charge on any atom is -0.420 e. The van der Waals surface area contributed by atoms with E-state index in [0.717, 1.165) is 33.6 Å².